The molecular formula is C26H33BrN2O4Si. The fourth-order valence-electron chi connectivity index (χ4n) is 6.77. The summed E-state index contributed by atoms with van der Waals surface area (Å²) in [5.74, 6) is 0.0380. The SMILES string of the molecule is C=CC12CN(C(=O)OC)C3C(Br)C1C=CC1(C(=O)N(COCC[Si](C)(C)C)c4ccccc41)C32. The molecule has 0 N–H and O–H groups in total. The maximum Gasteiger partial charge on any atom is 0.409 e. The molecule has 0 radical (unpaired) electrons. The Hall–Kier alpha value is -1.90. The van der Waals surface area contributed by atoms with E-state index in [-0.39, 0.29) is 41.4 Å². The van der Waals surface area contributed by atoms with Crippen molar-refractivity contribution < 1.29 is 19.1 Å². The first-order chi connectivity index (χ1) is 16.1. The smallest absolute Gasteiger partial charge is 0.409 e. The summed E-state index contributed by atoms with van der Waals surface area (Å²) in [6.45, 7) is 12.5. The van der Waals surface area contributed by atoms with Crippen LogP contribution in [-0.2, 0) is 19.7 Å². The average molecular weight is 546 g/mol. The first-order valence-electron chi connectivity index (χ1n) is 11.9. The summed E-state index contributed by atoms with van der Waals surface area (Å²) in [4.78, 5) is 30.7. The Morgan fingerprint density at radius 1 is 1.32 bits per heavy atom. The van der Waals surface area contributed by atoms with Gasteiger partial charge in [-0.15, -0.1) is 6.58 Å². The number of ether oxygens (including phenoxy) is 2. The van der Waals surface area contributed by atoms with E-state index >= 15 is 0 Å². The largest absolute Gasteiger partial charge is 0.453 e. The van der Waals surface area contributed by atoms with Crippen LogP contribution in [0.1, 0.15) is 5.56 Å². The van der Waals surface area contributed by atoms with Gasteiger partial charge in [0, 0.05) is 43.3 Å². The van der Waals surface area contributed by atoms with Gasteiger partial charge >= 0.3 is 6.09 Å². The monoisotopic (exact) mass is 544 g/mol. The van der Waals surface area contributed by atoms with E-state index in [1.807, 2.05) is 24.3 Å². The molecule has 1 saturated carbocycles. The molecule has 6 atom stereocenters. The van der Waals surface area contributed by atoms with Crippen LogP contribution < -0.4 is 4.90 Å². The topological polar surface area (TPSA) is 59.1 Å². The number of halogens is 1. The van der Waals surface area contributed by atoms with E-state index in [1.165, 1.54) is 7.11 Å². The molecule has 6 unspecified atom stereocenters. The molecule has 8 heteroatoms. The number of likely N-dealkylation sites (tertiary alicyclic amines) is 1. The number of carbonyl (C=O) groups is 2. The predicted octanol–water partition coefficient (Wildman–Crippen LogP) is 4.79. The minimum Gasteiger partial charge on any atom is -0.453 e. The number of allylic oxidation sites excluding steroid dienone is 1. The summed E-state index contributed by atoms with van der Waals surface area (Å²) < 4.78 is 11.2. The molecule has 2 amide bonds. The van der Waals surface area contributed by atoms with Gasteiger partial charge in [0.1, 0.15) is 12.1 Å². The number of hydrogen-bond acceptors (Lipinski definition) is 4. The zero-order chi connectivity index (χ0) is 24.5. The number of alkyl halides is 1. The van der Waals surface area contributed by atoms with Crippen molar-refractivity contribution in [2.24, 2.45) is 17.3 Å². The summed E-state index contributed by atoms with van der Waals surface area (Å²) in [6.07, 6.45) is 5.90. The van der Waals surface area contributed by atoms with E-state index in [4.69, 9.17) is 9.47 Å². The first kappa shape index (κ1) is 23.8. The van der Waals surface area contributed by atoms with Crippen LogP contribution in [0.15, 0.2) is 49.1 Å². The molecule has 1 saturated heterocycles. The lowest BCUT2D eigenvalue weighted by atomic mass is 9.56. The molecule has 1 aromatic rings. The number of nitrogens with zero attached hydrogens (tertiary/aromatic N) is 2. The van der Waals surface area contributed by atoms with Crippen molar-refractivity contribution in [1.29, 1.82) is 0 Å². The van der Waals surface area contributed by atoms with Crippen LogP contribution in [0, 0.1) is 17.3 Å². The second kappa shape index (κ2) is 8.07. The maximum atomic E-state index is 14.4. The average Bonchev–Trinajstić information content (AvgIpc) is 3.33. The fourth-order valence-corrected chi connectivity index (χ4v) is 8.79. The van der Waals surface area contributed by atoms with Gasteiger partial charge in [0.2, 0.25) is 5.91 Å². The van der Waals surface area contributed by atoms with Crippen molar-refractivity contribution in [3.8, 4) is 0 Å². The zero-order valence-corrected chi connectivity index (χ0v) is 22.9. The van der Waals surface area contributed by atoms with Gasteiger partial charge in [-0.25, -0.2) is 4.79 Å². The lowest BCUT2D eigenvalue weighted by Gasteiger charge is -2.44. The van der Waals surface area contributed by atoms with Gasteiger partial charge in [-0.3, -0.25) is 9.69 Å². The van der Waals surface area contributed by atoms with E-state index in [9.17, 15) is 9.59 Å². The number of hydrogen-bond donors (Lipinski definition) is 0. The highest BCUT2D eigenvalue weighted by Gasteiger charge is 2.75. The van der Waals surface area contributed by atoms with E-state index in [1.54, 1.807) is 9.80 Å². The number of fused-ring (bicyclic) bond motifs is 2. The number of rotatable bonds is 6. The molecule has 4 aliphatic rings. The summed E-state index contributed by atoms with van der Waals surface area (Å²) in [6, 6.07) is 8.88. The van der Waals surface area contributed by atoms with Gasteiger partial charge in [0.25, 0.3) is 0 Å². The molecule has 1 aromatic carbocycles. The number of benzene rings is 1. The van der Waals surface area contributed by atoms with Gasteiger partial charge in [-0.1, -0.05) is 72.0 Å². The molecule has 2 fully saturated rings. The predicted molar refractivity (Wildman–Crippen MR) is 139 cm³/mol. The van der Waals surface area contributed by atoms with Crippen LogP contribution in [0.4, 0.5) is 10.5 Å². The highest BCUT2D eigenvalue weighted by molar-refractivity contribution is 9.09. The van der Waals surface area contributed by atoms with Crippen molar-refractivity contribution in [2.75, 3.05) is 31.9 Å². The van der Waals surface area contributed by atoms with Crippen molar-refractivity contribution in [3.63, 3.8) is 0 Å². The Morgan fingerprint density at radius 3 is 2.74 bits per heavy atom. The van der Waals surface area contributed by atoms with Crippen LogP contribution in [0.2, 0.25) is 25.7 Å². The fraction of sp³-hybridized carbons (Fsp3) is 0.538. The van der Waals surface area contributed by atoms with Gasteiger partial charge in [-0.2, -0.15) is 0 Å². The molecule has 1 spiro atoms. The molecule has 34 heavy (non-hydrogen) atoms. The summed E-state index contributed by atoms with van der Waals surface area (Å²) >= 11 is 3.90. The summed E-state index contributed by atoms with van der Waals surface area (Å²) in [7, 11) is 0.178. The van der Waals surface area contributed by atoms with E-state index in [0.717, 1.165) is 17.3 Å². The number of piperidine rings is 1. The molecule has 2 aliphatic carbocycles. The molecule has 4 bridgehead atoms. The van der Waals surface area contributed by atoms with Crippen LogP contribution in [-0.4, -0.2) is 62.8 Å². The van der Waals surface area contributed by atoms with Crippen molar-refractivity contribution in [2.45, 2.75) is 42.0 Å². The minimum absolute atomic E-state index is 0.0148. The quantitative estimate of drug-likeness (QED) is 0.223. The summed E-state index contributed by atoms with van der Waals surface area (Å²) in [5.41, 5.74) is 0.585. The maximum absolute atomic E-state index is 14.4. The van der Waals surface area contributed by atoms with Gasteiger partial charge < -0.3 is 14.4 Å². The highest BCUT2D eigenvalue weighted by Crippen LogP contribution is 2.69. The normalized spacial score (nSPS) is 35.3. The molecule has 2 heterocycles. The van der Waals surface area contributed by atoms with Gasteiger partial charge in [-0.05, 0) is 17.7 Å². The molecule has 0 aromatic heterocycles. The van der Waals surface area contributed by atoms with E-state index in [0.29, 0.717) is 13.2 Å². The lowest BCUT2D eigenvalue weighted by Crippen LogP contribution is -2.52. The minimum atomic E-state index is -1.23. The molecule has 182 valence electrons. The molecule has 5 rings (SSSR count). The number of anilines is 1. The van der Waals surface area contributed by atoms with E-state index in [2.05, 4.69) is 60.4 Å². The van der Waals surface area contributed by atoms with Crippen LogP contribution in [0.25, 0.3) is 0 Å². The Balaban J connectivity index is 1.56. The van der Waals surface area contributed by atoms with Crippen LogP contribution in [0.5, 0.6) is 0 Å². The molecule has 2 aliphatic heterocycles. The standard InChI is InChI=1S/C26H33BrN2O4Si/c1-6-25-15-28(24(31)32-2)21-20(27)18(25)11-12-26(22(21)25)17-9-7-8-10-19(17)29(23(26)30)16-33-13-14-34(3,4)5/h6-12,18,20-22H,1,13-16H2,2-5H3. The highest BCUT2D eigenvalue weighted by atomic mass is 79.9. The zero-order valence-electron chi connectivity index (χ0n) is 20.3. The third-order valence-corrected chi connectivity index (χ3v) is 11.1. The van der Waals surface area contributed by atoms with Gasteiger partial charge in [0.15, 0.2) is 0 Å². The van der Waals surface area contributed by atoms with Crippen molar-refractivity contribution >= 4 is 41.7 Å². The van der Waals surface area contributed by atoms with Crippen molar-refractivity contribution in [1.82, 2.24) is 4.90 Å². The third-order valence-electron chi connectivity index (χ3n) is 8.32. The van der Waals surface area contributed by atoms with Crippen LogP contribution >= 0.6 is 15.9 Å². The first-order valence-corrected chi connectivity index (χ1v) is 16.6. The Bertz CT molecular complexity index is 1070. The Kier molecular flexibility index (Phi) is 5.65. The van der Waals surface area contributed by atoms with E-state index < -0.39 is 18.9 Å². The number of amides is 2. The summed E-state index contributed by atoms with van der Waals surface area (Å²) in [5, 5.41) is 0. The molecule has 6 nitrogen and oxygen atoms in total. The number of methoxy groups -OCH3 is 1. The number of carbonyl (C=O) groups excluding carboxylic acids is 2. The molecular weight excluding hydrogens is 512 g/mol. The second-order valence-electron chi connectivity index (χ2n) is 11.2. The van der Waals surface area contributed by atoms with Crippen molar-refractivity contribution in [3.05, 3.63) is 54.6 Å². The third kappa shape index (κ3) is 3.07. The lowest BCUT2D eigenvalue weighted by molar-refractivity contribution is -0.125. The van der Waals surface area contributed by atoms with Crippen LogP contribution in [0.3, 0.4) is 0 Å². The Morgan fingerprint density at radius 2 is 2.06 bits per heavy atom. The Labute approximate surface area is 211 Å². The second-order valence-corrected chi connectivity index (χ2v) is 17.9. The number of para-hydroxylation sites is 1. The van der Waals surface area contributed by atoms with Gasteiger partial charge in [0.05, 0.1) is 18.8 Å².